The number of amides is 3. The lowest BCUT2D eigenvalue weighted by atomic mass is 9.81. The van der Waals surface area contributed by atoms with Crippen molar-refractivity contribution in [3.05, 3.63) is 104 Å². The fraction of sp³-hybridized carbons (Fsp3) is 0.273. The second-order valence-electron chi connectivity index (χ2n) is 12.7. The van der Waals surface area contributed by atoms with E-state index >= 15 is 0 Å². The number of benzene rings is 3. The molecule has 0 spiro atoms. The third kappa shape index (κ3) is 6.57. The highest BCUT2D eigenvalue weighted by Crippen LogP contribution is 2.54. The minimum atomic E-state index is -4.70. The van der Waals surface area contributed by atoms with Gasteiger partial charge in [0.1, 0.15) is 11.8 Å². The van der Waals surface area contributed by atoms with Gasteiger partial charge in [-0.15, -0.1) is 0 Å². The molecule has 1 saturated heterocycles. The van der Waals surface area contributed by atoms with Gasteiger partial charge in [0, 0.05) is 16.5 Å². The highest BCUT2D eigenvalue weighted by atomic mass is 32.2. The molecule has 1 aromatic heterocycles. The number of carbonyl (C=O) groups is 3. The number of primary sulfonamides is 1. The maximum atomic E-state index is 14.1. The van der Waals surface area contributed by atoms with Crippen molar-refractivity contribution in [2.75, 3.05) is 10.2 Å². The SMILES string of the molecule is CC(C)(C)c1ccc([C@@H]2c3sc(=O)n(CC(=O)Nc4ccc(S(N)(=O)=O)cc4)c3S[C@H]3C(=O)N(c4cccc(C(F)(F)F)c4)C(=O)[C@@H]23)cc1. The van der Waals surface area contributed by atoms with Crippen LogP contribution in [0.15, 0.2) is 87.5 Å². The van der Waals surface area contributed by atoms with Gasteiger partial charge in [0.2, 0.25) is 27.7 Å². The molecule has 0 saturated carbocycles. The molecule has 0 unspecified atom stereocenters. The van der Waals surface area contributed by atoms with E-state index in [4.69, 9.17) is 5.14 Å². The number of aromatic nitrogens is 1. The van der Waals surface area contributed by atoms with Crippen LogP contribution in [-0.4, -0.2) is 36.0 Å². The Balaban J connectivity index is 1.39. The lowest BCUT2D eigenvalue weighted by molar-refractivity contribution is -0.137. The number of halogens is 3. The van der Waals surface area contributed by atoms with E-state index in [0.717, 1.165) is 51.8 Å². The molecule has 3 atom stereocenters. The Labute approximate surface area is 287 Å². The minimum Gasteiger partial charge on any atom is -0.325 e. The van der Waals surface area contributed by atoms with E-state index in [1.54, 1.807) is 0 Å². The first-order chi connectivity index (χ1) is 22.8. The van der Waals surface area contributed by atoms with E-state index < -0.39 is 68.0 Å². The molecule has 2 aliphatic rings. The molecule has 4 aromatic rings. The van der Waals surface area contributed by atoms with Gasteiger partial charge in [-0.1, -0.05) is 74.2 Å². The van der Waals surface area contributed by atoms with Crippen LogP contribution >= 0.6 is 23.1 Å². The van der Waals surface area contributed by atoms with Crippen LogP contribution in [-0.2, 0) is 42.5 Å². The molecule has 1 fully saturated rings. The van der Waals surface area contributed by atoms with Gasteiger partial charge in [0.05, 0.1) is 27.1 Å². The lowest BCUT2D eigenvalue weighted by Crippen LogP contribution is -2.33. The van der Waals surface area contributed by atoms with E-state index in [1.165, 1.54) is 34.9 Å². The Morgan fingerprint density at radius 1 is 0.918 bits per heavy atom. The number of nitrogens with one attached hydrogen (secondary N) is 1. The Hall–Kier alpha value is -4.25. The molecule has 0 aliphatic carbocycles. The molecule has 6 rings (SSSR count). The fourth-order valence-electron chi connectivity index (χ4n) is 5.95. The van der Waals surface area contributed by atoms with Gasteiger partial charge in [0.25, 0.3) is 0 Å². The molecule has 3 aromatic carbocycles. The van der Waals surface area contributed by atoms with Crippen LogP contribution in [0.4, 0.5) is 24.5 Å². The van der Waals surface area contributed by atoms with Crippen molar-refractivity contribution in [2.24, 2.45) is 11.1 Å². The van der Waals surface area contributed by atoms with Crippen LogP contribution < -0.4 is 20.2 Å². The molecular weight excluding hydrogens is 702 g/mol. The average Bonchev–Trinajstić information content (AvgIpc) is 3.46. The van der Waals surface area contributed by atoms with Crippen molar-refractivity contribution >= 4 is 62.2 Å². The lowest BCUT2D eigenvalue weighted by Gasteiger charge is -2.31. The summed E-state index contributed by atoms with van der Waals surface area (Å²) in [5.74, 6) is -3.90. The topological polar surface area (TPSA) is 149 Å². The summed E-state index contributed by atoms with van der Waals surface area (Å²) < 4.78 is 65.1. The highest BCUT2D eigenvalue weighted by molar-refractivity contribution is 8.00. The average molecular weight is 731 g/mol. The van der Waals surface area contributed by atoms with E-state index in [1.807, 2.05) is 45.0 Å². The molecule has 10 nitrogen and oxygen atoms in total. The van der Waals surface area contributed by atoms with E-state index in [-0.39, 0.29) is 21.7 Å². The summed E-state index contributed by atoms with van der Waals surface area (Å²) in [7, 11) is -3.95. The van der Waals surface area contributed by atoms with Crippen LogP contribution in [0.1, 0.15) is 48.3 Å². The molecule has 3 heterocycles. The number of rotatable bonds is 6. The first kappa shape index (κ1) is 34.6. The van der Waals surface area contributed by atoms with Gasteiger partial charge in [-0.2, -0.15) is 13.2 Å². The molecule has 3 amide bonds. The number of carbonyl (C=O) groups excluding carboxylic acids is 3. The first-order valence-corrected chi connectivity index (χ1v) is 18.1. The number of nitrogens with zero attached hydrogens (tertiary/aromatic N) is 2. The number of anilines is 2. The normalized spacial score (nSPS) is 19.5. The summed E-state index contributed by atoms with van der Waals surface area (Å²) in [5.41, 5.74) is 0.443. The predicted molar refractivity (Wildman–Crippen MR) is 179 cm³/mol. The van der Waals surface area contributed by atoms with Gasteiger partial charge in [-0.3, -0.25) is 23.7 Å². The number of thioether (sulfide) groups is 1. The molecule has 49 heavy (non-hydrogen) atoms. The zero-order chi connectivity index (χ0) is 35.6. The van der Waals surface area contributed by atoms with Crippen molar-refractivity contribution < 1.29 is 36.0 Å². The van der Waals surface area contributed by atoms with Gasteiger partial charge >= 0.3 is 11.0 Å². The van der Waals surface area contributed by atoms with Crippen molar-refractivity contribution in [1.29, 1.82) is 0 Å². The standard InChI is InChI=1S/C33H29F3N4O6S3/c1-32(2,3)18-9-7-17(8-10-18)24-25-26(29(43)40(28(25)42)21-6-4-5-19(15-21)33(34,35)36)47-30-27(24)48-31(44)39(30)16-23(41)38-20-11-13-22(14-12-20)49(37,45)46/h4-15,24-26H,16H2,1-3H3,(H,38,41)(H2,37,45,46)/t24-,25-,26+/m0/s1. The van der Waals surface area contributed by atoms with Crippen molar-refractivity contribution in [3.63, 3.8) is 0 Å². The van der Waals surface area contributed by atoms with E-state index in [0.29, 0.717) is 15.5 Å². The van der Waals surface area contributed by atoms with Gasteiger partial charge in [0.15, 0.2) is 0 Å². The summed E-state index contributed by atoms with van der Waals surface area (Å²) in [6, 6.07) is 16.6. The number of thiazole rings is 1. The van der Waals surface area contributed by atoms with Crippen molar-refractivity contribution in [3.8, 4) is 0 Å². The van der Waals surface area contributed by atoms with Gasteiger partial charge in [-0.05, 0) is 59.0 Å². The minimum absolute atomic E-state index is 0.156. The van der Waals surface area contributed by atoms with Crippen molar-refractivity contribution in [1.82, 2.24) is 4.57 Å². The zero-order valence-electron chi connectivity index (χ0n) is 26.1. The summed E-state index contributed by atoms with van der Waals surface area (Å²) in [6.07, 6.45) is -4.70. The largest absolute Gasteiger partial charge is 0.416 e. The van der Waals surface area contributed by atoms with E-state index in [9.17, 15) is 40.8 Å². The zero-order valence-corrected chi connectivity index (χ0v) is 28.6. The van der Waals surface area contributed by atoms with Gasteiger partial charge in [-0.25, -0.2) is 18.5 Å². The van der Waals surface area contributed by atoms with Gasteiger partial charge < -0.3 is 5.32 Å². The molecule has 3 N–H and O–H groups in total. The molecule has 0 radical (unpaired) electrons. The highest BCUT2D eigenvalue weighted by Gasteiger charge is 2.57. The number of fused-ring (bicyclic) bond motifs is 2. The second kappa shape index (κ2) is 12.3. The third-order valence-corrected chi connectivity index (χ3v) is 11.9. The number of imide groups is 1. The monoisotopic (exact) mass is 730 g/mol. The Bertz CT molecular complexity index is 2160. The molecule has 16 heteroatoms. The molecule has 2 aliphatic heterocycles. The van der Waals surface area contributed by atoms with Crippen LogP contribution in [0, 0.1) is 5.92 Å². The third-order valence-electron chi connectivity index (χ3n) is 8.39. The number of alkyl halides is 3. The Morgan fingerprint density at radius 2 is 1.57 bits per heavy atom. The molecule has 0 bridgehead atoms. The smallest absolute Gasteiger partial charge is 0.325 e. The van der Waals surface area contributed by atoms with Crippen LogP contribution in [0.5, 0.6) is 0 Å². The number of sulfonamides is 1. The Morgan fingerprint density at radius 3 is 2.16 bits per heavy atom. The summed E-state index contributed by atoms with van der Waals surface area (Å²) in [4.78, 5) is 55.2. The summed E-state index contributed by atoms with van der Waals surface area (Å²) in [6.45, 7) is 5.63. The quantitative estimate of drug-likeness (QED) is 0.256. The van der Waals surface area contributed by atoms with E-state index in [2.05, 4.69) is 5.32 Å². The molecular formula is C33H29F3N4O6S3. The van der Waals surface area contributed by atoms with Crippen LogP contribution in [0.2, 0.25) is 0 Å². The van der Waals surface area contributed by atoms with Crippen molar-refractivity contribution in [2.45, 2.75) is 60.0 Å². The fourth-order valence-corrected chi connectivity index (χ4v) is 9.24. The second-order valence-corrected chi connectivity index (χ2v) is 16.4. The summed E-state index contributed by atoms with van der Waals surface area (Å²) >= 11 is 1.77. The van der Waals surface area contributed by atoms with Crippen LogP contribution in [0.25, 0.3) is 0 Å². The first-order valence-electron chi connectivity index (χ1n) is 14.8. The summed E-state index contributed by atoms with van der Waals surface area (Å²) in [5, 5.41) is 6.93. The van der Waals surface area contributed by atoms with Crippen LogP contribution in [0.3, 0.4) is 0 Å². The predicted octanol–water partition coefficient (Wildman–Crippen LogP) is 5.31. The number of hydrogen-bond donors (Lipinski definition) is 2. The Kier molecular flexibility index (Phi) is 8.66. The maximum Gasteiger partial charge on any atom is 0.416 e. The molecule has 256 valence electrons. The maximum absolute atomic E-state index is 14.1. The number of nitrogens with two attached hydrogens (primary N) is 1. The number of hydrogen-bond acceptors (Lipinski definition) is 8.